The molecule has 2 rings (SSSR count). The van der Waals surface area contributed by atoms with Crippen molar-refractivity contribution in [2.45, 2.75) is 6.42 Å². The van der Waals surface area contributed by atoms with Gasteiger partial charge >= 0.3 is 5.97 Å². The molecule has 1 aliphatic rings. The van der Waals surface area contributed by atoms with Gasteiger partial charge in [-0.05, 0) is 12.5 Å². The molecule has 7 heteroatoms. The highest BCUT2D eigenvalue weighted by atomic mass is 35.5. The van der Waals surface area contributed by atoms with Crippen molar-refractivity contribution < 1.29 is 14.7 Å². The number of likely N-dealkylation sites (tertiary alicyclic amines) is 1. The molecule has 17 heavy (non-hydrogen) atoms. The lowest BCUT2D eigenvalue weighted by atomic mass is 10.1. The predicted octanol–water partition coefficient (Wildman–Crippen LogP) is 2.60. The number of hydrogen-bond donors (Lipinski definition) is 1. The van der Waals surface area contributed by atoms with Crippen molar-refractivity contribution >= 4 is 46.4 Å². The fourth-order valence-electron chi connectivity index (χ4n) is 1.80. The summed E-state index contributed by atoms with van der Waals surface area (Å²) in [7, 11) is 0. The SMILES string of the molecule is O=C(O)C1CCN(C(=O)c2cc(Cl)sc2Cl)C1. The Bertz CT molecular complexity index is 474. The quantitative estimate of drug-likeness (QED) is 0.912. The van der Waals surface area contributed by atoms with Gasteiger partial charge in [0.15, 0.2) is 0 Å². The van der Waals surface area contributed by atoms with Crippen molar-refractivity contribution in [3.63, 3.8) is 0 Å². The fourth-order valence-corrected chi connectivity index (χ4v) is 3.25. The maximum Gasteiger partial charge on any atom is 0.308 e. The Morgan fingerprint density at radius 1 is 1.47 bits per heavy atom. The molecule has 1 saturated heterocycles. The summed E-state index contributed by atoms with van der Waals surface area (Å²) in [6.45, 7) is 0.678. The number of carboxylic acids is 1. The Labute approximate surface area is 112 Å². The lowest BCUT2D eigenvalue weighted by molar-refractivity contribution is -0.141. The van der Waals surface area contributed by atoms with E-state index in [1.807, 2.05) is 0 Å². The highest BCUT2D eigenvalue weighted by Gasteiger charge is 2.32. The molecule has 1 amide bonds. The van der Waals surface area contributed by atoms with Gasteiger partial charge in [-0.25, -0.2) is 0 Å². The van der Waals surface area contributed by atoms with Crippen LogP contribution in [0.5, 0.6) is 0 Å². The third-order valence-corrected chi connectivity index (χ3v) is 4.20. The van der Waals surface area contributed by atoms with E-state index >= 15 is 0 Å². The molecule has 1 aromatic rings. The average molecular weight is 294 g/mol. The summed E-state index contributed by atoms with van der Waals surface area (Å²) in [5.41, 5.74) is 0.354. The van der Waals surface area contributed by atoms with Gasteiger partial charge in [0.05, 0.1) is 15.8 Å². The normalized spacial score (nSPS) is 19.6. The molecule has 2 heterocycles. The molecule has 0 saturated carbocycles. The minimum Gasteiger partial charge on any atom is -0.481 e. The van der Waals surface area contributed by atoms with E-state index in [0.717, 1.165) is 11.3 Å². The molecule has 1 N–H and O–H groups in total. The minimum atomic E-state index is -0.866. The highest BCUT2D eigenvalue weighted by Crippen LogP contribution is 2.32. The zero-order chi connectivity index (χ0) is 12.6. The van der Waals surface area contributed by atoms with E-state index < -0.39 is 11.9 Å². The zero-order valence-corrected chi connectivity index (χ0v) is 11.0. The van der Waals surface area contributed by atoms with E-state index in [1.165, 1.54) is 11.0 Å². The van der Waals surface area contributed by atoms with E-state index in [2.05, 4.69) is 0 Å². The smallest absolute Gasteiger partial charge is 0.308 e. The van der Waals surface area contributed by atoms with Crippen molar-refractivity contribution in [1.29, 1.82) is 0 Å². The van der Waals surface area contributed by atoms with E-state index in [-0.39, 0.29) is 12.5 Å². The zero-order valence-electron chi connectivity index (χ0n) is 8.65. The molecule has 1 aromatic heterocycles. The van der Waals surface area contributed by atoms with Gasteiger partial charge in [0.25, 0.3) is 5.91 Å². The van der Waals surface area contributed by atoms with Crippen LogP contribution in [0, 0.1) is 5.92 Å². The molecule has 0 bridgehead atoms. The second-order valence-corrected chi connectivity index (χ2v) is 6.10. The van der Waals surface area contributed by atoms with Gasteiger partial charge in [-0.1, -0.05) is 23.2 Å². The minimum absolute atomic E-state index is 0.234. The second kappa shape index (κ2) is 4.84. The second-order valence-electron chi connectivity index (χ2n) is 3.81. The number of nitrogens with zero attached hydrogens (tertiary/aromatic N) is 1. The summed E-state index contributed by atoms with van der Waals surface area (Å²) in [5, 5.41) is 8.86. The maximum atomic E-state index is 12.0. The molecule has 1 atom stereocenters. The summed E-state index contributed by atoms with van der Waals surface area (Å²) >= 11 is 12.8. The van der Waals surface area contributed by atoms with Crippen LogP contribution in [0.25, 0.3) is 0 Å². The molecule has 4 nitrogen and oxygen atoms in total. The van der Waals surface area contributed by atoms with Gasteiger partial charge in [-0.3, -0.25) is 9.59 Å². The van der Waals surface area contributed by atoms with Crippen molar-refractivity contribution in [2.75, 3.05) is 13.1 Å². The Morgan fingerprint density at radius 2 is 2.18 bits per heavy atom. The van der Waals surface area contributed by atoms with Gasteiger partial charge in [0, 0.05) is 13.1 Å². The van der Waals surface area contributed by atoms with E-state index in [1.54, 1.807) is 0 Å². The van der Waals surface area contributed by atoms with Crippen LogP contribution in [-0.4, -0.2) is 35.0 Å². The summed E-state index contributed by atoms with van der Waals surface area (Å²) in [5.74, 6) is -1.59. The molecule has 92 valence electrons. The van der Waals surface area contributed by atoms with E-state index in [4.69, 9.17) is 28.3 Å². The Morgan fingerprint density at radius 3 is 2.65 bits per heavy atom. The summed E-state index contributed by atoms with van der Waals surface area (Å²) in [4.78, 5) is 24.3. The van der Waals surface area contributed by atoms with Gasteiger partial charge in [-0.2, -0.15) is 0 Å². The van der Waals surface area contributed by atoms with Gasteiger partial charge in [0.2, 0.25) is 0 Å². The molecule has 0 aliphatic carbocycles. The van der Waals surface area contributed by atoms with Gasteiger partial charge in [-0.15, -0.1) is 11.3 Å². The highest BCUT2D eigenvalue weighted by molar-refractivity contribution is 7.20. The number of carboxylic acid groups (broad SMARTS) is 1. The van der Waals surface area contributed by atoms with Crippen LogP contribution < -0.4 is 0 Å². The average Bonchev–Trinajstić information content (AvgIpc) is 2.84. The molecule has 0 spiro atoms. The first kappa shape index (κ1) is 12.7. The molecular weight excluding hydrogens is 285 g/mol. The van der Waals surface area contributed by atoms with Crippen molar-refractivity contribution in [1.82, 2.24) is 4.90 Å². The fraction of sp³-hybridized carbons (Fsp3) is 0.400. The molecule has 1 aliphatic heterocycles. The molecular formula is C10H9Cl2NO3S. The van der Waals surface area contributed by atoms with E-state index in [0.29, 0.717) is 27.2 Å². The third kappa shape index (κ3) is 2.56. The number of amides is 1. The predicted molar refractivity (Wildman–Crippen MR) is 66.0 cm³/mol. The Hall–Kier alpha value is -0.780. The first-order valence-corrected chi connectivity index (χ1v) is 6.53. The first-order chi connectivity index (χ1) is 7.99. The third-order valence-electron chi connectivity index (χ3n) is 2.71. The Balaban J connectivity index is 2.12. The number of rotatable bonds is 2. The van der Waals surface area contributed by atoms with Crippen LogP contribution in [0.1, 0.15) is 16.8 Å². The van der Waals surface area contributed by atoms with Crippen LogP contribution in [0.4, 0.5) is 0 Å². The number of aliphatic carboxylic acids is 1. The van der Waals surface area contributed by atoms with Gasteiger partial charge in [0.1, 0.15) is 4.34 Å². The summed E-state index contributed by atoms with van der Waals surface area (Å²) < 4.78 is 0.797. The van der Waals surface area contributed by atoms with Crippen LogP contribution in [-0.2, 0) is 4.79 Å². The van der Waals surface area contributed by atoms with E-state index in [9.17, 15) is 9.59 Å². The molecule has 0 radical (unpaired) electrons. The largest absolute Gasteiger partial charge is 0.481 e. The lowest BCUT2D eigenvalue weighted by Gasteiger charge is -2.14. The number of halogens is 2. The van der Waals surface area contributed by atoms with Crippen LogP contribution in [0.15, 0.2) is 6.07 Å². The first-order valence-electron chi connectivity index (χ1n) is 4.96. The number of hydrogen-bond acceptors (Lipinski definition) is 3. The monoisotopic (exact) mass is 293 g/mol. The van der Waals surface area contributed by atoms with Crippen molar-refractivity contribution in [3.05, 3.63) is 20.3 Å². The number of carbonyl (C=O) groups excluding carboxylic acids is 1. The number of thiophene rings is 1. The molecule has 1 unspecified atom stereocenters. The van der Waals surface area contributed by atoms with Gasteiger partial charge < -0.3 is 10.0 Å². The summed E-state index contributed by atoms with van der Waals surface area (Å²) in [6.07, 6.45) is 0.483. The standard InChI is InChI=1S/C10H9Cl2NO3S/c11-7-3-6(8(12)17-7)9(14)13-2-1-5(4-13)10(15)16/h3,5H,1-2,4H2,(H,15,16). The lowest BCUT2D eigenvalue weighted by Crippen LogP contribution is -2.29. The van der Waals surface area contributed by atoms with Crippen molar-refractivity contribution in [2.24, 2.45) is 5.92 Å². The Kier molecular flexibility index (Phi) is 3.61. The number of carbonyl (C=O) groups is 2. The maximum absolute atomic E-state index is 12.0. The van der Waals surface area contributed by atoms with Crippen molar-refractivity contribution in [3.8, 4) is 0 Å². The summed E-state index contributed by atoms with van der Waals surface area (Å²) in [6, 6.07) is 1.52. The van der Waals surface area contributed by atoms with Crippen LogP contribution >= 0.6 is 34.5 Å². The van der Waals surface area contributed by atoms with Crippen LogP contribution in [0.3, 0.4) is 0 Å². The molecule has 0 aromatic carbocycles. The topological polar surface area (TPSA) is 57.6 Å². The molecule has 1 fully saturated rings. The van der Waals surface area contributed by atoms with Crippen LogP contribution in [0.2, 0.25) is 8.67 Å².